The Bertz CT molecular complexity index is 1650. The molecule has 0 spiro atoms. The quantitative estimate of drug-likeness (QED) is 0.227. The Hall–Kier alpha value is -3.82. The van der Waals surface area contributed by atoms with Crippen molar-refractivity contribution in [2.75, 3.05) is 39.8 Å². The maximum Gasteiger partial charge on any atom is 0.490 e. The van der Waals surface area contributed by atoms with Crippen LogP contribution >= 0.6 is 22.9 Å². The number of nitrogens with one attached hydrogen (secondary N) is 1. The first-order valence-electron chi connectivity index (χ1n) is 13.4. The molecule has 4 aromatic rings. The topological polar surface area (TPSA) is 81.7 Å². The molecule has 0 unspecified atom stereocenters. The van der Waals surface area contributed by atoms with Crippen molar-refractivity contribution < 1.29 is 27.8 Å². The van der Waals surface area contributed by atoms with E-state index in [1.165, 1.54) is 22.3 Å². The number of likely N-dealkylation sites (N-methyl/N-ethyl adjacent to an activating group) is 1. The summed E-state index contributed by atoms with van der Waals surface area (Å²) in [4.78, 5) is 14.9. The number of ether oxygens (including phenoxy) is 1. The summed E-state index contributed by atoms with van der Waals surface area (Å²) in [6, 6.07) is 16.4. The molecule has 224 valence electrons. The van der Waals surface area contributed by atoms with Gasteiger partial charge in [-0.3, -0.25) is 10.00 Å². The number of carboxylic acid groups (broad SMARTS) is 1. The second kappa shape index (κ2) is 13.2. The van der Waals surface area contributed by atoms with Gasteiger partial charge in [-0.1, -0.05) is 41.6 Å². The highest BCUT2D eigenvalue weighted by molar-refractivity contribution is 7.11. The van der Waals surface area contributed by atoms with Crippen molar-refractivity contribution in [3.8, 4) is 40.1 Å². The number of halogens is 4. The molecule has 0 atom stereocenters. The number of alkyl halides is 3. The third-order valence-corrected chi connectivity index (χ3v) is 8.22. The first-order valence-corrected chi connectivity index (χ1v) is 14.7. The Labute approximate surface area is 255 Å². The van der Waals surface area contributed by atoms with Crippen LogP contribution in [0.1, 0.15) is 21.6 Å². The fraction of sp³-hybridized carbons (Fsp3) is 0.290. The third kappa shape index (κ3) is 7.77. The number of hydrogen-bond acceptors (Lipinski definition) is 6. The van der Waals surface area contributed by atoms with Gasteiger partial charge in [0.25, 0.3) is 0 Å². The molecular weight excluding hydrogens is 601 g/mol. The monoisotopic (exact) mass is 628 g/mol. The second-order valence-electron chi connectivity index (χ2n) is 10.2. The van der Waals surface area contributed by atoms with Gasteiger partial charge in [-0.25, -0.2) is 4.79 Å². The maximum atomic E-state index is 10.6. The Kier molecular flexibility index (Phi) is 9.42. The van der Waals surface area contributed by atoms with E-state index >= 15 is 0 Å². The van der Waals surface area contributed by atoms with Crippen molar-refractivity contribution in [3.63, 3.8) is 0 Å². The average molecular weight is 629 g/mol. The average Bonchev–Trinajstić information content (AvgIpc) is 3.69. The van der Waals surface area contributed by atoms with Crippen molar-refractivity contribution in [2.24, 2.45) is 0 Å². The number of carbonyl (C=O) groups is 1. The van der Waals surface area contributed by atoms with E-state index in [1.54, 1.807) is 11.3 Å². The number of aromatic amines is 1. The molecule has 6 rings (SSSR count). The summed E-state index contributed by atoms with van der Waals surface area (Å²) >= 11 is 7.55. The van der Waals surface area contributed by atoms with Gasteiger partial charge in [0.1, 0.15) is 12.4 Å². The standard InChI is InChI=1S/C29H27ClN4OS.C2HF3O2/c1-33-10-12-34(13-11-33)18-20-4-9-26-21(15-20)17-27-28(31-32-29(26)27)22-16-25(36-19-22)3-2-14-35-24-7-5-23(30)6-8-24;3-2(4,5)1(6)7/h4-9,15-16,19H,10-14,17-18H2,1H3,(H,31,32);(H,6,7). The van der Waals surface area contributed by atoms with E-state index in [4.69, 9.17) is 26.2 Å². The third-order valence-electron chi connectivity index (χ3n) is 7.13. The smallest absolute Gasteiger partial charge is 0.481 e. The SMILES string of the molecule is CN1CCN(Cc2ccc3c(c2)Cc2c(-c4csc(C#CCOc5ccc(Cl)cc5)c4)n[nH]c2-3)CC1.O=C(O)C(F)(F)F. The Balaban J connectivity index is 0.000000472. The van der Waals surface area contributed by atoms with Crippen molar-refractivity contribution in [1.82, 2.24) is 20.0 Å². The molecule has 0 saturated carbocycles. The number of fused-ring (bicyclic) bond motifs is 3. The van der Waals surface area contributed by atoms with E-state index in [-0.39, 0.29) is 0 Å². The van der Waals surface area contributed by atoms with Gasteiger partial charge in [-0.2, -0.15) is 18.3 Å². The Morgan fingerprint density at radius 3 is 2.56 bits per heavy atom. The summed E-state index contributed by atoms with van der Waals surface area (Å²) in [6.45, 7) is 5.92. The van der Waals surface area contributed by atoms with E-state index < -0.39 is 12.1 Å². The summed E-state index contributed by atoms with van der Waals surface area (Å²) in [7, 11) is 2.20. The van der Waals surface area contributed by atoms with Gasteiger partial charge in [0.05, 0.1) is 16.3 Å². The second-order valence-corrected chi connectivity index (χ2v) is 11.6. The van der Waals surface area contributed by atoms with Gasteiger partial charge in [-0.15, -0.1) is 11.3 Å². The van der Waals surface area contributed by atoms with Crippen molar-refractivity contribution in [1.29, 1.82) is 0 Å². The molecule has 3 heterocycles. The molecule has 2 aromatic carbocycles. The number of benzene rings is 2. The summed E-state index contributed by atoms with van der Waals surface area (Å²) in [5.74, 6) is 4.32. The number of aromatic nitrogens is 2. The highest BCUT2D eigenvalue weighted by atomic mass is 35.5. The zero-order valence-electron chi connectivity index (χ0n) is 23.2. The molecule has 12 heteroatoms. The van der Waals surface area contributed by atoms with Gasteiger partial charge in [0, 0.05) is 66.2 Å². The number of rotatable bonds is 5. The van der Waals surface area contributed by atoms with Gasteiger partial charge in [0.2, 0.25) is 0 Å². The maximum absolute atomic E-state index is 10.6. The highest BCUT2D eigenvalue weighted by Gasteiger charge is 2.38. The van der Waals surface area contributed by atoms with Crippen LogP contribution in [0.25, 0.3) is 22.5 Å². The molecule has 43 heavy (non-hydrogen) atoms. The molecule has 1 saturated heterocycles. The van der Waals surface area contributed by atoms with Crippen molar-refractivity contribution in [2.45, 2.75) is 19.1 Å². The van der Waals surface area contributed by atoms with Gasteiger partial charge >= 0.3 is 12.1 Å². The van der Waals surface area contributed by atoms with Crippen LogP contribution in [0.3, 0.4) is 0 Å². The number of piperazine rings is 1. The van der Waals surface area contributed by atoms with E-state index in [9.17, 15) is 13.2 Å². The molecule has 2 N–H and O–H groups in total. The predicted octanol–water partition coefficient (Wildman–Crippen LogP) is 6.17. The first kappa shape index (κ1) is 30.6. The van der Waals surface area contributed by atoms with Crippen LogP contribution < -0.4 is 4.74 Å². The van der Waals surface area contributed by atoms with E-state index in [2.05, 4.69) is 68.5 Å². The number of thiophene rings is 1. The summed E-state index contributed by atoms with van der Waals surface area (Å²) < 4.78 is 37.4. The fourth-order valence-electron chi connectivity index (χ4n) is 4.89. The summed E-state index contributed by atoms with van der Waals surface area (Å²) in [5, 5.41) is 17.9. The number of aliphatic carboxylic acids is 1. The number of H-pyrrole nitrogens is 1. The lowest BCUT2D eigenvalue weighted by atomic mass is 10.0. The summed E-state index contributed by atoms with van der Waals surface area (Å²) in [5.41, 5.74) is 8.65. The Morgan fingerprint density at radius 2 is 1.86 bits per heavy atom. The zero-order chi connectivity index (χ0) is 30.6. The number of hydrogen-bond donors (Lipinski definition) is 2. The zero-order valence-corrected chi connectivity index (χ0v) is 24.7. The lowest BCUT2D eigenvalue weighted by molar-refractivity contribution is -0.192. The van der Waals surface area contributed by atoms with Crippen LogP contribution in [-0.2, 0) is 17.8 Å². The lowest BCUT2D eigenvalue weighted by Gasteiger charge is -2.32. The molecular formula is C31H28ClF3N4O3S. The van der Waals surface area contributed by atoms with Crippen LogP contribution in [0.5, 0.6) is 5.75 Å². The number of carboxylic acids is 1. The predicted molar refractivity (Wildman–Crippen MR) is 160 cm³/mol. The molecule has 1 aliphatic carbocycles. The largest absolute Gasteiger partial charge is 0.490 e. The molecule has 1 fully saturated rings. The van der Waals surface area contributed by atoms with Crippen LogP contribution in [0.2, 0.25) is 5.02 Å². The van der Waals surface area contributed by atoms with E-state index in [0.717, 1.165) is 66.7 Å². The highest BCUT2D eigenvalue weighted by Crippen LogP contribution is 2.41. The van der Waals surface area contributed by atoms with Crippen molar-refractivity contribution in [3.05, 3.63) is 80.5 Å². The van der Waals surface area contributed by atoms with Crippen LogP contribution in [0.15, 0.2) is 53.9 Å². The molecule has 1 aliphatic heterocycles. The van der Waals surface area contributed by atoms with E-state index in [1.807, 2.05) is 24.3 Å². The molecule has 0 amide bonds. The minimum absolute atomic E-state index is 0.332. The first-order chi connectivity index (χ1) is 20.6. The molecule has 2 aromatic heterocycles. The molecule has 2 aliphatic rings. The normalized spacial score (nSPS) is 14.6. The minimum Gasteiger partial charge on any atom is -0.481 e. The molecule has 0 bridgehead atoms. The minimum atomic E-state index is -5.08. The van der Waals surface area contributed by atoms with Crippen molar-refractivity contribution >= 4 is 28.9 Å². The number of nitrogens with zero attached hydrogens (tertiary/aromatic N) is 3. The lowest BCUT2D eigenvalue weighted by Crippen LogP contribution is -2.43. The van der Waals surface area contributed by atoms with Gasteiger partial charge < -0.3 is 14.7 Å². The van der Waals surface area contributed by atoms with E-state index in [0.29, 0.717) is 11.6 Å². The van der Waals surface area contributed by atoms with Crippen LogP contribution in [-0.4, -0.2) is 77.1 Å². The van der Waals surface area contributed by atoms with Crippen LogP contribution in [0, 0.1) is 11.8 Å². The summed E-state index contributed by atoms with van der Waals surface area (Å²) in [6.07, 6.45) is -4.17. The van der Waals surface area contributed by atoms with Gasteiger partial charge in [-0.05, 0) is 48.5 Å². The fourth-order valence-corrected chi connectivity index (χ4v) is 5.77. The molecule has 0 radical (unpaired) electrons. The van der Waals surface area contributed by atoms with Crippen LogP contribution in [0.4, 0.5) is 13.2 Å². The van der Waals surface area contributed by atoms with Gasteiger partial charge in [0.15, 0.2) is 0 Å². The molecule has 7 nitrogen and oxygen atoms in total. The Morgan fingerprint density at radius 1 is 1.14 bits per heavy atom.